The molecule has 30 heavy (non-hydrogen) atoms. The minimum Gasteiger partial charge on any atom is -0.325 e. The van der Waals surface area contributed by atoms with Gasteiger partial charge in [-0.05, 0) is 37.6 Å². The second kappa shape index (κ2) is 9.42. The monoisotopic (exact) mass is 464 g/mol. The van der Waals surface area contributed by atoms with Crippen molar-refractivity contribution >= 4 is 54.9 Å². The van der Waals surface area contributed by atoms with Crippen LogP contribution in [0.5, 0.6) is 0 Å². The van der Waals surface area contributed by atoms with E-state index in [2.05, 4.69) is 15.3 Å². The number of benzene rings is 1. The van der Waals surface area contributed by atoms with Gasteiger partial charge >= 0.3 is 0 Å². The predicted molar refractivity (Wildman–Crippen MR) is 123 cm³/mol. The lowest BCUT2D eigenvalue weighted by molar-refractivity contribution is -0.113. The topological polar surface area (TPSA) is 92.3 Å². The average molecular weight is 465 g/mol. The Labute approximate surface area is 185 Å². The normalized spacial score (nSPS) is 11.9. The molecule has 3 aromatic rings. The average Bonchev–Trinajstić information content (AvgIpc) is 3.01. The van der Waals surface area contributed by atoms with Gasteiger partial charge in [-0.15, -0.1) is 11.3 Å². The van der Waals surface area contributed by atoms with E-state index in [9.17, 15) is 13.2 Å². The van der Waals surface area contributed by atoms with Crippen molar-refractivity contribution in [3.05, 3.63) is 41.0 Å². The third kappa shape index (κ3) is 4.66. The first kappa shape index (κ1) is 22.7. The van der Waals surface area contributed by atoms with Gasteiger partial charge < -0.3 is 5.32 Å². The zero-order valence-electron chi connectivity index (χ0n) is 17.3. The Bertz CT molecular complexity index is 1170. The quantitative estimate of drug-likeness (QED) is 0.399. The first-order valence-electron chi connectivity index (χ1n) is 9.51. The number of carbonyl (C=O) groups excluding carboxylic acids is 1. The predicted octanol–water partition coefficient (Wildman–Crippen LogP) is 4.07. The number of hydrogen-bond donors (Lipinski definition) is 1. The summed E-state index contributed by atoms with van der Waals surface area (Å²) in [6.07, 6.45) is 1.51. The molecule has 0 spiro atoms. The Morgan fingerprint density at radius 1 is 1.20 bits per heavy atom. The molecule has 0 aliphatic rings. The number of thioether (sulfide) groups is 1. The standard InChI is InChI=1S/C20H24N4O3S3/c1-5-24(6-2)30(26,27)16-9-7-8-15(10-16)23-17(25)11-28-19-18-13(3)14(4)29-20(18)22-12-21-19/h7-10,12H,5-6,11H2,1-4H3,(H,23,25). The molecule has 7 nitrogen and oxygen atoms in total. The maximum Gasteiger partial charge on any atom is 0.243 e. The van der Waals surface area contributed by atoms with Crippen molar-refractivity contribution in [2.75, 3.05) is 24.2 Å². The summed E-state index contributed by atoms with van der Waals surface area (Å²) in [7, 11) is -3.58. The third-order valence-electron chi connectivity index (χ3n) is 4.73. The highest BCUT2D eigenvalue weighted by molar-refractivity contribution is 8.00. The zero-order valence-corrected chi connectivity index (χ0v) is 19.7. The van der Waals surface area contributed by atoms with Gasteiger partial charge in [0.1, 0.15) is 16.2 Å². The second-order valence-corrected chi connectivity index (χ2v) is 10.7. The highest BCUT2D eigenvalue weighted by atomic mass is 32.2. The number of carbonyl (C=O) groups is 1. The molecule has 0 unspecified atom stereocenters. The molecule has 0 fully saturated rings. The molecule has 0 aliphatic heterocycles. The largest absolute Gasteiger partial charge is 0.325 e. The summed E-state index contributed by atoms with van der Waals surface area (Å²) in [5.74, 6) is -0.0678. The molecule has 2 heterocycles. The highest BCUT2D eigenvalue weighted by Crippen LogP contribution is 2.34. The van der Waals surface area contributed by atoms with E-state index in [1.54, 1.807) is 37.3 Å². The number of fused-ring (bicyclic) bond motifs is 1. The van der Waals surface area contributed by atoms with E-state index in [0.29, 0.717) is 18.8 Å². The molecule has 0 aliphatic carbocycles. The van der Waals surface area contributed by atoms with Crippen LogP contribution >= 0.6 is 23.1 Å². The number of aryl methyl sites for hydroxylation is 2. The van der Waals surface area contributed by atoms with Gasteiger partial charge in [0, 0.05) is 29.0 Å². The summed E-state index contributed by atoms with van der Waals surface area (Å²) in [6.45, 7) is 8.45. The van der Waals surface area contributed by atoms with Crippen molar-refractivity contribution in [2.24, 2.45) is 0 Å². The minimum atomic E-state index is -3.58. The molecule has 0 atom stereocenters. The van der Waals surface area contributed by atoms with Crippen LogP contribution in [-0.4, -0.2) is 47.4 Å². The second-order valence-electron chi connectivity index (χ2n) is 6.60. The van der Waals surface area contributed by atoms with Crippen molar-refractivity contribution in [3.8, 4) is 0 Å². The molecule has 0 bridgehead atoms. The molecular weight excluding hydrogens is 440 g/mol. The van der Waals surface area contributed by atoms with Crippen LogP contribution in [0, 0.1) is 13.8 Å². The van der Waals surface area contributed by atoms with E-state index in [1.807, 2.05) is 13.8 Å². The SMILES string of the molecule is CCN(CC)S(=O)(=O)c1cccc(NC(=O)CSc2ncnc3sc(C)c(C)c23)c1. The molecule has 2 aromatic heterocycles. The Balaban J connectivity index is 1.72. The van der Waals surface area contributed by atoms with Gasteiger partial charge in [-0.3, -0.25) is 4.79 Å². The fraction of sp³-hybridized carbons (Fsp3) is 0.350. The number of anilines is 1. The zero-order chi connectivity index (χ0) is 21.9. The van der Waals surface area contributed by atoms with Gasteiger partial charge in [0.05, 0.1) is 10.6 Å². The summed E-state index contributed by atoms with van der Waals surface area (Å²) in [5.41, 5.74) is 1.58. The molecule has 0 saturated carbocycles. The maximum atomic E-state index is 12.7. The molecule has 10 heteroatoms. The lowest BCUT2D eigenvalue weighted by Gasteiger charge is -2.18. The summed E-state index contributed by atoms with van der Waals surface area (Å²) < 4.78 is 26.8. The van der Waals surface area contributed by atoms with Gasteiger partial charge in [-0.1, -0.05) is 31.7 Å². The molecule has 1 N–H and O–H groups in total. The first-order chi connectivity index (χ1) is 14.3. The van der Waals surface area contributed by atoms with Gasteiger partial charge in [0.2, 0.25) is 15.9 Å². The number of aromatic nitrogens is 2. The van der Waals surface area contributed by atoms with Crippen LogP contribution in [0.3, 0.4) is 0 Å². The fourth-order valence-electron chi connectivity index (χ4n) is 3.04. The van der Waals surface area contributed by atoms with Crippen LogP contribution in [0.25, 0.3) is 10.2 Å². The van der Waals surface area contributed by atoms with E-state index < -0.39 is 10.0 Å². The molecule has 0 radical (unpaired) electrons. The van der Waals surface area contributed by atoms with Gasteiger partial charge in [0.15, 0.2) is 0 Å². The fourth-order valence-corrected chi connectivity index (χ4v) is 6.46. The van der Waals surface area contributed by atoms with Crippen molar-refractivity contribution in [2.45, 2.75) is 37.6 Å². The number of rotatable bonds is 8. The number of hydrogen-bond acceptors (Lipinski definition) is 7. The van der Waals surface area contributed by atoms with Crippen molar-refractivity contribution in [3.63, 3.8) is 0 Å². The van der Waals surface area contributed by atoms with Crippen molar-refractivity contribution in [1.29, 1.82) is 0 Å². The van der Waals surface area contributed by atoms with E-state index in [4.69, 9.17) is 0 Å². The number of nitrogens with one attached hydrogen (secondary N) is 1. The molecular formula is C20H24N4O3S3. The number of nitrogens with zero attached hydrogens (tertiary/aromatic N) is 3. The number of sulfonamides is 1. The molecule has 1 aromatic carbocycles. The lowest BCUT2D eigenvalue weighted by Crippen LogP contribution is -2.30. The smallest absolute Gasteiger partial charge is 0.243 e. The Morgan fingerprint density at radius 2 is 1.93 bits per heavy atom. The molecule has 3 rings (SSSR count). The van der Waals surface area contributed by atoms with Crippen molar-refractivity contribution in [1.82, 2.24) is 14.3 Å². The third-order valence-corrected chi connectivity index (χ3v) is 8.88. The molecule has 0 saturated heterocycles. The van der Waals surface area contributed by atoms with Crippen molar-refractivity contribution < 1.29 is 13.2 Å². The summed E-state index contributed by atoms with van der Waals surface area (Å²) in [6, 6.07) is 6.34. The van der Waals surface area contributed by atoms with Crippen LogP contribution in [0.4, 0.5) is 5.69 Å². The summed E-state index contributed by atoms with van der Waals surface area (Å²) in [5, 5.41) is 4.55. The Morgan fingerprint density at radius 3 is 2.63 bits per heavy atom. The van der Waals surface area contributed by atoms with E-state index in [0.717, 1.165) is 20.8 Å². The lowest BCUT2D eigenvalue weighted by atomic mass is 10.2. The van der Waals surface area contributed by atoms with Gasteiger partial charge in [-0.25, -0.2) is 18.4 Å². The Hall–Kier alpha value is -2.01. The van der Waals surface area contributed by atoms with E-state index in [1.165, 1.54) is 39.4 Å². The number of amides is 1. The Kier molecular flexibility index (Phi) is 7.12. The minimum absolute atomic E-state index is 0.160. The summed E-state index contributed by atoms with van der Waals surface area (Å²) in [4.78, 5) is 23.4. The van der Waals surface area contributed by atoms with Crippen LogP contribution in [0.2, 0.25) is 0 Å². The van der Waals surface area contributed by atoms with Crippen LogP contribution in [0.15, 0.2) is 40.5 Å². The number of thiophene rings is 1. The summed E-state index contributed by atoms with van der Waals surface area (Å²) >= 11 is 2.96. The van der Waals surface area contributed by atoms with Crippen LogP contribution < -0.4 is 5.32 Å². The van der Waals surface area contributed by atoms with Crippen LogP contribution in [0.1, 0.15) is 24.3 Å². The van der Waals surface area contributed by atoms with Gasteiger partial charge in [0.25, 0.3) is 0 Å². The first-order valence-corrected chi connectivity index (χ1v) is 12.8. The van der Waals surface area contributed by atoms with E-state index in [-0.39, 0.29) is 16.6 Å². The molecule has 1 amide bonds. The van der Waals surface area contributed by atoms with E-state index >= 15 is 0 Å². The highest BCUT2D eigenvalue weighted by Gasteiger charge is 2.22. The van der Waals surface area contributed by atoms with Crippen LogP contribution in [-0.2, 0) is 14.8 Å². The maximum absolute atomic E-state index is 12.7. The molecule has 160 valence electrons. The van der Waals surface area contributed by atoms with Gasteiger partial charge in [-0.2, -0.15) is 4.31 Å².